The molecule has 3 heterocycles. The molecule has 2 fully saturated rings. The highest BCUT2D eigenvalue weighted by molar-refractivity contribution is 7.14. The molecule has 0 unspecified atom stereocenters. The molecular weight excluding hydrogens is 326 g/mol. The number of carbonyl (C=O) groups is 2. The molecule has 1 atom stereocenters. The Bertz CT molecular complexity index is 659. The maximum absolute atomic E-state index is 12.7. The average Bonchev–Trinajstić information content (AvgIpc) is 3.12. The van der Waals surface area contributed by atoms with Crippen LogP contribution in [0.25, 0.3) is 0 Å². The van der Waals surface area contributed by atoms with Crippen molar-refractivity contribution in [1.29, 1.82) is 0 Å². The van der Waals surface area contributed by atoms with Gasteiger partial charge in [-0.3, -0.25) is 14.5 Å². The molecule has 0 radical (unpaired) electrons. The molecule has 130 valence electrons. The van der Waals surface area contributed by atoms with Gasteiger partial charge in [-0.2, -0.15) is 0 Å². The predicted octanol–water partition coefficient (Wildman–Crippen LogP) is 0.508. The lowest BCUT2D eigenvalue weighted by Gasteiger charge is -2.54. The number of ether oxygens (including phenoxy) is 1. The first-order valence-corrected chi connectivity index (χ1v) is 9.30. The van der Waals surface area contributed by atoms with E-state index in [0.717, 1.165) is 17.7 Å². The molecule has 4 rings (SSSR count). The SMILES string of the molecule is CNC(=O)[C@H]1COC2(CN(C(=O)c3cc4c(s3)CCC4)C2)CN1C. The summed E-state index contributed by atoms with van der Waals surface area (Å²) in [4.78, 5) is 30.6. The summed E-state index contributed by atoms with van der Waals surface area (Å²) in [6, 6.07) is 1.83. The first-order valence-electron chi connectivity index (χ1n) is 8.48. The molecule has 0 saturated carbocycles. The summed E-state index contributed by atoms with van der Waals surface area (Å²) in [5.41, 5.74) is 1.05. The van der Waals surface area contributed by atoms with Crippen LogP contribution in [0.3, 0.4) is 0 Å². The zero-order valence-electron chi connectivity index (χ0n) is 14.1. The third-order valence-electron chi connectivity index (χ3n) is 5.37. The molecule has 3 aliphatic rings. The number of aryl methyl sites for hydroxylation is 2. The van der Waals surface area contributed by atoms with Crippen molar-refractivity contribution < 1.29 is 14.3 Å². The van der Waals surface area contributed by atoms with Gasteiger partial charge >= 0.3 is 0 Å². The van der Waals surface area contributed by atoms with Gasteiger partial charge < -0.3 is 15.0 Å². The van der Waals surface area contributed by atoms with Gasteiger partial charge in [-0.15, -0.1) is 11.3 Å². The lowest BCUT2D eigenvalue weighted by molar-refractivity contribution is -0.187. The largest absolute Gasteiger partial charge is 0.368 e. The Labute approximate surface area is 145 Å². The minimum Gasteiger partial charge on any atom is -0.368 e. The van der Waals surface area contributed by atoms with E-state index in [0.29, 0.717) is 26.2 Å². The monoisotopic (exact) mass is 349 g/mol. The third kappa shape index (κ3) is 2.55. The molecule has 1 N–H and O–H groups in total. The summed E-state index contributed by atoms with van der Waals surface area (Å²) in [6.07, 6.45) is 3.44. The van der Waals surface area contributed by atoms with Crippen LogP contribution in [0, 0.1) is 0 Å². The van der Waals surface area contributed by atoms with E-state index >= 15 is 0 Å². The number of morpholine rings is 1. The van der Waals surface area contributed by atoms with Crippen LogP contribution in [-0.4, -0.2) is 73.6 Å². The number of amides is 2. The summed E-state index contributed by atoms with van der Waals surface area (Å²) in [5.74, 6) is 0.104. The summed E-state index contributed by atoms with van der Waals surface area (Å²) in [7, 11) is 3.58. The fraction of sp³-hybridized carbons (Fsp3) is 0.647. The second kappa shape index (κ2) is 5.82. The van der Waals surface area contributed by atoms with E-state index in [-0.39, 0.29) is 23.5 Å². The van der Waals surface area contributed by atoms with Crippen LogP contribution in [0.2, 0.25) is 0 Å². The average molecular weight is 349 g/mol. The van der Waals surface area contributed by atoms with E-state index < -0.39 is 0 Å². The molecule has 0 bridgehead atoms. The summed E-state index contributed by atoms with van der Waals surface area (Å²) in [6.45, 7) is 2.28. The molecule has 2 amide bonds. The van der Waals surface area contributed by atoms with Crippen molar-refractivity contribution in [2.24, 2.45) is 0 Å². The molecular formula is C17H23N3O3S. The molecule has 24 heavy (non-hydrogen) atoms. The Balaban J connectivity index is 1.37. The lowest BCUT2D eigenvalue weighted by atomic mass is 9.90. The van der Waals surface area contributed by atoms with Crippen LogP contribution in [0.15, 0.2) is 6.07 Å². The molecule has 0 aromatic carbocycles. The van der Waals surface area contributed by atoms with Gasteiger partial charge in [0.1, 0.15) is 11.6 Å². The van der Waals surface area contributed by atoms with Gasteiger partial charge in [-0.1, -0.05) is 0 Å². The van der Waals surface area contributed by atoms with Crippen molar-refractivity contribution >= 4 is 23.2 Å². The Hall–Kier alpha value is -1.44. The fourth-order valence-electron chi connectivity index (χ4n) is 4.01. The number of likely N-dealkylation sites (N-methyl/N-ethyl adjacent to an activating group) is 2. The van der Waals surface area contributed by atoms with Crippen molar-refractivity contribution in [3.63, 3.8) is 0 Å². The van der Waals surface area contributed by atoms with Crippen LogP contribution in [0.4, 0.5) is 0 Å². The Kier molecular flexibility index (Phi) is 3.89. The second-order valence-corrected chi connectivity index (χ2v) is 8.25. The van der Waals surface area contributed by atoms with Crippen molar-refractivity contribution in [3.05, 3.63) is 21.4 Å². The predicted molar refractivity (Wildman–Crippen MR) is 91.4 cm³/mol. The first kappa shape index (κ1) is 16.1. The van der Waals surface area contributed by atoms with Gasteiger partial charge in [-0.25, -0.2) is 0 Å². The minimum absolute atomic E-state index is 0.0206. The minimum atomic E-state index is -0.311. The maximum atomic E-state index is 12.7. The van der Waals surface area contributed by atoms with Crippen LogP contribution in [0.1, 0.15) is 26.5 Å². The number of thiophene rings is 1. The van der Waals surface area contributed by atoms with Crippen molar-refractivity contribution in [2.45, 2.75) is 30.9 Å². The van der Waals surface area contributed by atoms with E-state index in [9.17, 15) is 9.59 Å². The van der Waals surface area contributed by atoms with Crippen LogP contribution >= 0.6 is 11.3 Å². The quantitative estimate of drug-likeness (QED) is 0.845. The summed E-state index contributed by atoms with van der Waals surface area (Å²) < 4.78 is 5.99. The van der Waals surface area contributed by atoms with Crippen molar-refractivity contribution in [1.82, 2.24) is 15.1 Å². The number of carbonyl (C=O) groups excluding carboxylic acids is 2. The first-order chi connectivity index (χ1) is 11.5. The Morgan fingerprint density at radius 3 is 2.79 bits per heavy atom. The summed E-state index contributed by atoms with van der Waals surface area (Å²) >= 11 is 1.66. The number of nitrogens with one attached hydrogen (secondary N) is 1. The number of hydrogen-bond acceptors (Lipinski definition) is 5. The standard InChI is InChI=1S/C17H23N3O3S/c1-18-15(21)12-7-23-17(8-19(12)2)9-20(10-17)16(22)14-6-11-4-3-5-13(11)24-14/h6,12H,3-5,7-10H2,1-2H3,(H,18,21)/t12-/m1/s1. The molecule has 2 aliphatic heterocycles. The van der Waals surface area contributed by atoms with Gasteiger partial charge in [0.05, 0.1) is 24.6 Å². The second-order valence-electron chi connectivity index (χ2n) is 7.11. The highest BCUT2D eigenvalue weighted by atomic mass is 32.1. The van der Waals surface area contributed by atoms with E-state index in [1.165, 1.54) is 16.9 Å². The third-order valence-corrected chi connectivity index (χ3v) is 6.59. The van der Waals surface area contributed by atoms with Crippen LogP contribution in [-0.2, 0) is 22.4 Å². The highest BCUT2D eigenvalue weighted by Gasteiger charge is 2.51. The number of fused-ring (bicyclic) bond motifs is 1. The molecule has 1 aromatic heterocycles. The number of likely N-dealkylation sites (tertiary alicyclic amines) is 1. The van der Waals surface area contributed by atoms with E-state index in [1.54, 1.807) is 18.4 Å². The Morgan fingerprint density at radius 2 is 2.12 bits per heavy atom. The molecule has 2 saturated heterocycles. The maximum Gasteiger partial charge on any atom is 0.264 e. The topological polar surface area (TPSA) is 61.9 Å². The smallest absolute Gasteiger partial charge is 0.264 e. The molecule has 6 nitrogen and oxygen atoms in total. The van der Waals surface area contributed by atoms with Crippen LogP contribution < -0.4 is 5.32 Å². The van der Waals surface area contributed by atoms with Crippen molar-refractivity contribution in [2.75, 3.05) is 40.3 Å². The van der Waals surface area contributed by atoms with E-state index in [2.05, 4.69) is 11.4 Å². The highest BCUT2D eigenvalue weighted by Crippen LogP contribution is 2.35. The molecule has 7 heteroatoms. The molecule has 1 aromatic rings. The number of nitrogens with zero attached hydrogens (tertiary/aromatic N) is 2. The zero-order valence-corrected chi connectivity index (χ0v) is 14.9. The number of hydrogen-bond donors (Lipinski definition) is 1. The van der Waals surface area contributed by atoms with Gasteiger partial charge in [-0.05, 0) is 37.9 Å². The van der Waals surface area contributed by atoms with Gasteiger partial charge in [0.25, 0.3) is 5.91 Å². The fourth-order valence-corrected chi connectivity index (χ4v) is 5.23. The van der Waals surface area contributed by atoms with E-state index in [1.807, 2.05) is 16.8 Å². The van der Waals surface area contributed by atoms with Gasteiger partial charge in [0.2, 0.25) is 5.91 Å². The van der Waals surface area contributed by atoms with Gasteiger partial charge in [0.15, 0.2) is 0 Å². The zero-order chi connectivity index (χ0) is 16.9. The molecule has 1 spiro atoms. The van der Waals surface area contributed by atoms with E-state index in [4.69, 9.17) is 4.74 Å². The van der Waals surface area contributed by atoms with Gasteiger partial charge in [0, 0.05) is 18.5 Å². The molecule has 1 aliphatic carbocycles. The lowest BCUT2D eigenvalue weighted by Crippen LogP contribution is -2.73. The Morgan fingerprint density at radius 1 is 1.33 bits per heavy atom. The summed E-state index contributed by atoms with van der Waals surface area (Å²) in [5, 5.41) is 2.67. The van der Waals surface area contributed by atoms with Crippen molar-refractivity contribution in [3.8, 4) is 0 Å². The normalized spacial score (nSPS) is 25.4. The number of rotatable bonds is 2. The van der Waals surface area contributed by atoms with Crippen LogP contribution in [0.5, 0.6) is 0 Å².